The highest BCUT2D eigenvalue weighted by molar-refractivity contribution is 5.49. The molecule has 5 heteroatoms. The molecule has 0 spiro atoms. The van der Waals surface area contributed by atoms with Crippen molar-refractivity contribution < 1.29 is 5.11 Å². The molecule has 0 amide bonds. The normalized spacial score (nSPS) is 18.3. The lowest BCUT2D eigenvalue weighted by Gasteiger charge is -2.37. The fraction of sp³-hybridized carbons (Fsp3) is 0.750. The van der Waals surface area contributed by atoms with Gasteiger partial charge in [0.2, 0.25) is 0 Å². The van der Waals surface area contributed by atoms with Gasteiger partial charge >= 0.3 is 0 Å². The van der Waals surface area contributed by atoms with Crippen LogP contribution in [0.4, 0.5) is 11.6 Å². The maximum Gasteiger partial charge on any atom is 0.138 e. The number of aliphatic hydroxyl groups is 1. The van der Waals surface area contributed by atoms with Crippen LogP contribution in [-0.2, 0) is 5.41 Å². The molecule has 1 heterocycles. The third kappa shape index (κ3) is 3.84. The van der Waals surface area contributed by atoms with Gasteiger partial charge in [-0.25, -0.2) is 9.97 Å². The molecule has 0 aromatic carbocycles. The third-order valence-corrected chi connectivity index (χ3v) is 4.16. The van der Waals surface area contributed by atoms with Gasteiger partial charge < -0.3 is 15.7 Å². The molecule has 21 heavy (non-hydrogen) atoms. The molecule has 1 aromatic heterocycles. The molecule has 1 aliphatic rings. The number of hydrogen-bond donors (Lipinski definition) is 3. The van der Waals surface area contributed by atoms with Crippen LogP contribution in [0, 0.1) is 0 Å². The minimum absolute atomic E-state index is 0.109. The first-order valence-corrected chi connectivity index (χ1v) is 7.85. The maximum atomic E-state index is 9.84. The van der Waals surface area contributed by atoms with E-state index in [1.54, 1.807) is 0 Å². The summed E-state index contributed by atoms with van der Waals surface area (Å²) in [6, 6.07) is 1.92. The molecule has 1 fully saturated rings. The van der Waals surface area contributed by atoms with E-state index in [9.17, 15) is 5.11 Å². The number of nitrogens with zero attached hydrogens (tertiary/aromatic N) is 2. The van der Waals surface area contributed by atoms with Gasteiger partial charge in [-0.3, -0.25) is 0 Å². The minimum atomic E-state index is -0.229. The summed E-state index contributed by atoms with van der Waals surface area (Å²) >= 11 is 0. The van der Waals surface area contributed by atoms with Crippen LogP contribution >= 0.6 is 0 Å². The highest BCUT2D eigenvalue weighted by Crippen LogP contribution is 2.32. The summed E-state index contributed by atoms with van der Waals surface area (Å²) < 4.78 is 0. The Morgan fingerprint density at radius 1 is 1.14 bits per heavy atom. The highest BCUT2D eigenvalue weighted by Gasteiger charge is 2.32. The Kier molecular flexibility index (Phi) is 4.71. The predicted molar refractivity (Wildman–Crippen MR) is 86.8 cm³/mol. The second-order valence-electron chi connectivity index (χ2n) is 7.09. The Hall–Kier alpha value is -1.36. The first kappa shape index (κ1) is 16.0. The van der Waals surface area contributed by atoms with Crippen molar-refractivity contribution in [2.45, 2.75) is 63.8 Å². The first-order valence-electron chi connectivity index (χ1n) is 7.85. The number of nitrogens with one attached hydrogen (secondary N) is 2. The number of anilines is 2. The van der Waals surface area contributed by atoms with Gasteiger partial charge in [0.1, 0.15) is 17.5 Å². The molecule has 1 saturated carbocycles. The Bertz CT molecular complexity index is 476. The molecule has 0 radical (unpaired) electrons. The average molecular weight is 292 g/mol. The van der Waals surface area contributed by atoms with E-state index in [4.69, 9.17) is 0 Å². The van der Waals surface area contributed by atoms with Crippen molar-refractivity contribution in [3.05, 3.63) is 11.9 Å². The van der Waals surface area contributed by atoms with Gasteiger partial charge in [0.05, 0.1) is 12.1 Å². The highest BCUT2D eigenvalue weighted by atomic mass is 16.3. The van der Waals surface area contributed by atoms with Crippen LogP contribution in [0.1, 0.15) is 58.7 Å². The monoisotopic (exact) mass is 292 g/mol. The molecule has 0 bridgehead atoms. The lowest BCUT2D eigenvalue weighted by atomic mass is 9.82. The van der Waals surface area contributed by atoms with E-state index in [0.29, 0.717) is 0 Å². The van der Waals surface area contributed by atoms with Crippen LogP contribution in [0.3, 0.4) is 0 Å². The van der Waals surface area contributed by atoms with Crippen molar-refractivity contribution in [3.8, 4) is 0 Å². The standard InChI is InChI=1S/C16H28N4O/c1-15(2,3)14-18-12(17-4)10-13(19-14)20-16(11-21)8-6-5-7-9-16/h10,21H,5-9,11H2,1-4H3,(H2,17,18,19,20). The van der Waals surface area contributed by atoms with Gasteiger partial charge in [-0.15, -0.1) is 0 Å². The van der Waals surface area contributed by atoms with Crippen molar-refractivity contribution in [1.29, 1.82) is 0 Å². The summed E-state index contributed by atoms with van der Waals surface area (Å²) in [7, 11) is 1.86. The van der Waals surface area contributed by atoms with Gasteiger partial charge in [0, 0.05) is 18.5 Å². The zero-order valence-electron chi connectivity index (χ0n) is 13.7. The molecule has 0 aliphatic heterocycles. The van der Waals surface area contributed by atoms with Gasteiger partial charge in [-0.1, -0.05) is 40.0 Å². The molecule has 0 saturated heterocycles. The van der Waals surface area contributed by atoms with E-state index in [-0.39, 0.29) is 17.6 Å². The Morgan fingerprint density at radius 3 is 2.29 bits per heavy atom. The summed E-state index contributed by atoms with van der Waals surface area (Å²) in [4.78, 5) is 9.21. The van der Waals surface area contributed by atoms with Crippen molar-refractivity contribution in [2.75, 3.05) is 24.3 Å². The Labute approximate surface area is 127 Å². The molecular weight excluding hydrogens is 264 g/mol. The van der Waals surface area contributed by atoms with Crippen LogP contribution in [0.2, 0.25) is 0 Å². The van der Waals surface area contributed by atoms with Crippen LogP contribution in [0.5, 0.6) is 0 Å². The lowest BCUT2D eigenvalue weighted by Crippen LogP contribution is -2.44. The summed E-state index contributed by atoms with van der Waals surface area (Å²) in [6.45, 7) is 6.46. The van der Waals surface area contributed by atoms with Gasteiger partial charge in [0.25, 0.3) is 0 Å². The fourth-order valence-electron chi connectivity index (χ4n) is 2.80. The summed E-state index contributed by atoms with van der Waals surface area (Å²) in [5.74, 6) is 2.41. The molecule has 118 valence electrons. The average Bonchev–Trinajstić information content (AvgIpc) is 2.47. The smallest absolute Gasteiger partial charge is 0.138 e. The zero-order chi connectivity index (χ0) is 15.5. The van der Waals surface area contributed by atoms with E-state index < -0.39 is 0 Å². The van der Waals surface area contributed by atoms with Crippen molar-refractivity contribution >= 4 is 11.6 Å². The van der Waals surface area contributed by atoms with Crippen molar-refractivity contribution in [2.24, 2.45) is 0 Å². The van der Waals surface area contributed by atoms with Gasteiger partial charge in [-0.05, 0) is 12.8 Å². The quantitative estimate of drug-likeness (QED) is 0.796. The molecule has 0 unspecified atom stereocenters. The topological polar surface area (TPSA) is 70.1 Å². The summed E-state index contributed by atoms with van der Waals surface area (Å²) in [6.07, 6.45) is 5.55. The van der Waals surface area contributed by atoms with E-state index in [2.05, 4.69) is 41.4 Å². The van der Waals surface area contributed by atoms with Crippen LogP contribution in [0.15, 0.2) is 6.07 Å². The van der Waals surface area contributed by atoms with E-state index in [1.807, 2.05) is 13.1 Å². The molecular formula is C16H28N4O. The second-order valence-corrected chi connectivity index (χ2v) is 7.09. The predicted octanol–water partition coefficient (Wildman–Crippen LogP) is 2.92. The van der Waals surface area contributed by atoms with Crippen LogP contribution in [0.25, 0.3) is 0 Å². The molecule has 3 N–H and O–H groups in total. The first-order chi connectivity index (χ1) is 9.88. The Balaban J connectivity index is 2.30. The largest absolute Gasteiger partial charge is 0.394 e. The van der Waals surface area contributed by atoms with Crippen LogP contribution < -0.4 is 10.6 Å². The minimum Gasteiger partial charge on any atom is -0.394 e. The summed E-state index contributed by atoms with van der Waals surface area (Å²) in [5.41, 5.74) is -0.338. The fourth-order valence-corrected chi connectivity index (χ4v) is 2.80. The number of hydrogen-bond acceptors (Lipinski definition) is 5. The molecule has 1 aliphatic carbocycles. The van der Waals surface area contributed by atoms with Gasteiger partial charge in [-0.2, -0.15) is 0 Å². The SMILES string of the molecule is CNc1cc(NC2(CO)CCCCC2)nc(C(C)(C)C)n1. The molecule has 0 atom stereocenters. The van der Waals surface area contributed by atoms with E-state index in [0.717, 1.165) is 43.1 Å². The maximum absolute atomic E-state index is 9.84. The van der Waals surface area contributed by atoms with Gasteiger partial charge in [0.15, 0.2) is 0 Å². The van der Waals surface area contributed by atoms with Crippen molar-refractivity contribution in [1.82, 2.24) is 9.97 Å². The number of aromatic nitrogens is 2. The van der Waals surface area contributed by atoms with Crippen LogP contribution in [-0.4, -0.2) is 34.3 Å². The summed E-state index contributed by atoms with van der Waals surface area (Å²) in [5, 5.41) is 16.4. The van der Waals surface area contributed by atoms with Crippen molar-refractivity contribution in [3.63, 3.8) is 0 Å². The molecule has 2 rings (SSSR count). The van der Waals surface area contributed by atoms with E-state index >= 15 is 0 Å². The number of aliphatic hydroxyl groups excluding tert-OH is 1. The zero-order valence-corrected chi connectivity index (χ0v) is 13.7. The number of rotatable bonds is 4. The third-order valence-electron chi connectivity index (χ3n) is 4.16. The molecule has 1 aromatic rings. The Morgan fingerprint density at radius 2 is 1.76 bits per heavy atom. The molecule has 5 nitrogen and oxygen atoms in total. The van der Waals surface area contributed by atoms with E-state index in [1.165, 1.54) is 6.42 Å². The second kappa shape index (κ2) is 6.18. The lowest BCUT2D eigenvalue weighted by molar-refractivity contribution is 0.172.